The summed E-state index contributed by atoms with van der Waals surface area (Å²) in [7, 11) is -0.677. The van der Waals surface area contributed by atoms with Gasteiger partial charge in [-0.3, -0.25) is 9.59 Å². The highest BCUT2D eigenvalue weighted by atomic mass is 32.2. The van der Waals surface area contributed by atoms with Gasteiger partial charge in [-0.2, -0.15) is 0 Å². The second-order valence-corrected chi connectivity index (χ2v) is 7.42. The first-order chi connectivity index (χ1) is 10.8. The van der Waals surface area contributed by atoms with Gasteiger partial charge in [-0.25, -0.2) is 17.6 Å². The van der Waals surface area contributed by atoms with Crippen LogP contribution in [0.2, 0.25) is 0 Å². The first kappa shape index (κ1) is 15.4. The lowest BCUT2D eigenvalue weighted by molar-refractivity contribution is 0.0926. The number of hydrogen-bond acceptors (Lipinski definition) is 4. The molecule has 0 fully saturated rings. The Balaban J connectivity index is 1.99. The number of fused-ring (bicyclic) bond motifs is 1. The van der Waals surface area contributed by atoms with Crippen molar-refractivity contribution in [1.29, 1.82) is 0 Å². The van der Waals surface area contributed by atoms with Crippen LogP contribution in [0.4, 0.5) is 5.69 Å². The van der Waals surface area contributed by atoms with E-state index in [1.54, 1.807) is 24.3 Å². The Morgan fingerprint density at radius 1 is 0.826 bits per heavy atom. The molecule has 6 nitrogen and oxygen atoms in total. The number of carbonyl (C=O) groups excluding carboxylic acids is 2. The minimum Gasteiger partial charge on any atom is -0.268 e. The summed E-state index contributed by atoms with van der Waals surface area (Å²) < 4.78 is 25.2. The quantitative estimate of drug-likeness (QED) is 0.804. The first-order valence-corrected chi connectivity index (χ1v) is 8.28. The molecule has 118 valence electrons. The van der Waals surface area contributed by atoms with Gasteiger partial charge in [0.25, 0.3) is 11.8 Å². The van der Waals surface area contributed by atoms with Crippen molar-refractivity contribution in [2.45, 2.75) is 4.90 Å². The van der Waals surface area contributed by atoms with Crippen molar-refractivity contribution in [3.8, 4) is 0 Å². The SMILES string of the molecule is CN(C)S(=O)(=O)c1ccc(N2C(=O)c3ccccc3C2=O)cc1. The normalized spacial score (nSPS) is 14.5. The molecule has 0 N–H and O–H groups in total. The fraction of sp³-hybridized carbons (Fsp3) is 0.125. The van der Waals surface area contributed by atoms with E-state index in [0.29, 0.717) is 16.8 Å². The molecule has 0 atom stereocenters. The Bertz CT molecular complexity index is 867. The fourth-order valence-corrected chi connectivity index (χ4v) is 3.30. The van der Waals surface area contributed by atoms with Crippen LogP contribution in [-0.2, 0) is 10.0 Å². The predicted molar refractivity (Wildman–Crippen MR) is 84.9 cm³/mol. The second kappa shape index (κ2) is 5.29. The summed E-state index contributed by atoms with van der Waals surface area (Å²) in [6.07, 6.45) is 0. The van der Waals surface area contributed by atoms with Gasteiger partial charge in [-0.15, -0.1) is 0 Å². The average molecular weight is 330 g/mol. The zero-order valence-corrected chi connectivity index (χ0v) is 13.4. The van der Waals surface area contributed by atoms with Crippen LogP contribution in [-0.4, -0.2) is 38.6 Å². The summed E-state index contributed by atoms with van der Waals surface area (Å²) in [5.74, 6) is -0.817. The number of carbonyl (C=O) groups is 2. The number of hydrogen-bond donors (Lipinski definition) is 0. The fourth-order valence-electron chi connectivity index (χ4n) is 2.40. The lowest BCUT2D eigenvalue weighted by Crippen LogP contribution is -2.29. The maximum Gasteiger partial charge on any atom is 0.266 e. The Hall–Kier alpha value is -2.51. The van der Waals surface area contributed by atoms with Gasteiger partial charge in [0.1, 0.15) is 0 Å². The maximum absolute atomic E-state index is 12.4. The van der Waals surface area contributed by atoms with Gasteiger partial charge in [0.2, 0.25) is 10.0 Å². The number of nitrogens with zero attached hydrogens (tertiary/aromatic N) is 2. The van der Waals surface area contributed by atoms with Crippen LogP contribution in [0.15, 0.2) is 53.4 Å². The third-order valence-corrected chi connectivity index (χ3v) is 5.50. The van der Waals surface area contributed by atoms with Crippen molar-refractivity contribution in [2.75, 3.05) is 19.0 Å². The second-order valence-electron chi connectivity index (χ2n) is 5.27. The molecule has 0 saturated heterocycles. The van der Waals surface area contributed by atoms with E-state index in [1.165, 1.54) is 38.4 Å². The van der Waals surface area contributed by atoms with Gasteiger partial charge in [-0.1, -0.05) is 12.1 Å². The standard InChI is InChI=1S/C16H14N2O4S/c1-17(2)23(21,22)12-9-7-11(8-10-12)18-15(19)13-5-3-4-6-14(13)16(18)20/h3-10H,1-2H3. The molecule has 2 amide bonds. The molecule has 1 aliphatic heterocycles. The third-order valence-electron chi connectivity index (χ3n) is 3.67. The van der Waals surface area contributed by atoms with E-state index in [1.807, 2.05) is 0 Å². The topological polar surface area (TPSA) is 74.8 Å². The minimum atomic E-state index is -3.55. The number of amides is 2. The highest BCUT2D eigenvalue weighted by molar-refractivity contribution is 7.89. The monoisotopic (exact) mass is 330 g/mol. The zero-order valence-electron chi connectivity index (χ0n) is 12.6. The van der Waals surface area contributed by atoms with Gasteiger partial charge in [-0.05, 0) is 36.4 Å². The van der Waals surface area contributed by atoms with Crippen LogP contribution in [0.5, 0.6) is 0 Å². The Kier molecular flexibility index (Phi) is 3.54. The van der Waals surface area contributed by atoms with Gasteiger partial charge in [0, 0.05) is 14.1 Å². The number of imide groups is 1. The molecule has 0 bridgehead atoms. The van der Waals surface area contributed by atoms with Crippen molar-refractivity contribution in [3.63, 3.8) is 0 Å². The number of benzene rings is 2. The Morgan fingerprint density at radius 2 is 1.30 bits per heavy atom. The molecule has 0 saturated carbocycles. The summed E-state index contributed by atoms with van der Waals surface area (Å²) in [5.41, 5.74) is 1.04. The smallest absolute Gasteiger partial charge is 0.266 e. The number of sulfonamides is 1. The summed E-state index contributed by atoms with van der Waals surface area (Å²) in [6, 6.07) is 12.3. The molecule has 0 unspecified atom stereocenters. The molecule has 0 aliphatic carbocycles. The number of rotatable bonds is 3. The van der Waals surface area contributed by atoms with Crippen molar-refractivity contribution in [2.24, 2.45) is 0 Å². The van der Waals surface area contributed by atoms with Gasteiger partial charge < -0.3 is 0 Å². The van der Waals surface area contributed by atoms with Crippen LogP contribution in [0.3, 0.4) is 0 Å². The van der Waals surface area contributed by atoms with E-state index in [2.05, 4.69) is 0 Å². The molecule has 1 heterocycles. The molecule has 7 heteroatoms. The Labute approximate surface area is 134 Å². The van der Waals surface area contributed by atoms with Gasteiger partial charge in [0.05, 0.1) is 21.7 Å². The van der Waals surface area contributed by atoms with E-state index < -0.39 is 21.8 Å². The van der Waals surface area contributed by atoms with Crippen LogP contribution in [0.25, 0.3) is 0 Å². The van der Waals surface area contributed by atoms with Crippen LogP contribution < -0.4 is 4.90 Å². The first-order valence-electron chi connectivity index (χ1n) is 6.84. The highest BCUT2D eigenvalue weighted by Crippen LogP contribution is 2.29. The minimum absolute atomic E-state index is 0.0999. The largest absolute Gasteiger partial charge is 0.268 e. The average Bonchev–Trinajstić information content (AvgIpc) is 2.79. The summed E-state index contributed by atoms with van der Waals surface area (Å²) in [5, 5.41) is 0. The number of anilines is 1. The maximum atomic E-state index is 12.4. The van der Waals surface area contributed by atoms with E-state index in [0.717, 1.165) is 9.21 Å². The molecule has 3 rings (SSSR count). The van der Waals surface area contributed by atoms with Crippen molar-refractivity contribution in [1.82, 2.24) is 4.31 Å². The van der Waals surface area contributed by atoms with Crippen molar-refractivity contribution < 1.29 is 18.0 Å². The van der Waals surface area contributed by atoms with E-state index in [4.69, 9.17) is 0 Å². The molecule has 0 radical (unpaired) electrons. The summed E-state index contributed by atoms with van der Waals surface area (Å²) in [6.45, 7) is 0. The molecule has 2 aromatic rings. The van der Waals surface area contributed by atoms with Crippen LogP contribution in [0.1, 0.15) is 20.7 Å². The highest BCUT2D eigenvalue weighted by Gasteiger charge is 2.36. The molecule has 0 spiro atoms. The lowest BCUT2D eigenvalue weighted by atomic mass is 10.1. The molecular formula is C16H14N2O4S. The van der Waals surface area contributed by atoms with Crippen LogP contribution in [0, 0.1) is 0 Å². The van der Waals surface area contributed by atoms with Crippen molar-refractivity contribution in [3.05, 3.63) is 59.7 Å². The zero-order chi connectivity index (χ0) is 16.8. The predicted octanol–water partition coefficient (Wildman–Crippen LogP) is 1.74. The van der Waals surface area contributed by atoms with Crippen molar-refractivity contribution >= 4 is 27.5 Å². The third kappa shape index (κ3) is 2.34. The molecule has 23 heavy (non-hydrogen) atoms. The molecule has 1 aliphatic rings. The Morgan fingerprint density at radius 3 is 1.74 bits per heavy atom. The molecule has 2 aromatic carbocycles. The van der Waals surface area contributed by atoms with Crippen LogP contribution >= 0.6 is 0 Å². The van der Waals surface area contributed by atoms with Gasteiger partial charge >= 0.3 is 0 Å². The van der Waals surface area contributed by atoms with E-state index in [9.17, 15) is 18.0 Å². The van der Waals surface area contributed by atoms with E-state index in [-0.39, 0.29) is 4.90 Å². The summed E-state index contributed by atoms with van der Waals surface area (Å²) in [4.78, 5) is 25.9. The van der Waals surface area contributed by atoms with E-state index >= 15 is 0 Å². The summed E-state index contributed by atoms with van der Waals surface area (Å²) >= 11 is 0. The lowest BCUT2D eigenvalue weighted by Gasteiger charge is -2.15. The molecule has 0 aromatic heterocycles. The van der Waals surface area contributed by atoms with Gasteiger partial charge in [0.15, 0.2) is 0 Å². The molecular weight excluding hydrogens is 316 g/mol.